The second-order valence-corrected chi connectivity index (χ2v) is 6.02. The van der Waals surface area contributed by atoms with E-state index in [1.165, 1.54) is 12.1 Å². The molecule has 0 saturated heterocycles. The van der Waals surface area contributed by atoms with Gasteiger partial charge in [-0.2, -0.15) is 5.48 Å². The highest BCUT2D eigenvalue weighted by Gasteiger charge is 2.24. The lowest BCUT2D eigenvalue weighted by Crippen LogP contribution is -2.81. The summed E-state index contributed by atoms with van der Waals surface area (Å²) < 4.78 is 43.7. The average molecular weight is 440 g/mol. The number of nitrogens with two attached hydrogens (primary N) is 1. The van der Waals surface area contributed by atoms with Crippen molar-refractivity contribution in [3.05, 3.63) is 58.4 Å². The van der Waals surface area contributed by atoms with Crippen LogP contribution in [0.15, 0.2) is 24.3 Å². The van der Waals surface area contributed by atoms with Crippen LogP contribution in [0, 0.1) is 29.8 Å². The minimum Gasteiger partial charge on any atom is -0.394 e. The van der Waals surface area contributed by atoms with Crippen molar-refractivity contribution in [2.75, 3.05) is 31.7 Å². The molecule has 1 amide bonds. The number of hydroxylamine groups is 2. The van der Waals surface area contributed by atoms with Crippen molar-refractivity contribution < 1.29 is 43.3 Å². The van der Waals surface area contributed by atoms with E-state index < -0.39 is 35.7 Å². The molecule has 0 unspecified atom stereocenters. The fraction of sp³-hybridized carbons (Fsp3) is 0.250. The summed E-state index contributed by atoms with van der Waals surface area (Å²) in [5.74, 6) is -2.27. The molecular weight excluding hydrogens is 419 g/mol. The molecule has 0 aliphatic rings. The van der Waals surface area contributed by atoms with Crippen molar-refractivity contribution >= 4 is 17.3 Å². The summed E-state index contributed by atoms with van der Waals surface area (Å²) in [4.78, 5) is 22.1. The molecule has 0 spiro atoms. The molecule has 0 atom stereocenters. The minimum atomic E-state index is -1.43. The molecule has 0 aromatic heterocycles. The van der Waals surface area contributed by atoms with Gasteiger partial charge in [0.2, 0.25) is 0 Å². The van der Waals surface area contributed by atoms with Crippen molar-refractivity contribution in [1.29, 1.82) is 0 Å². The first kappa shape index (κ1) is 24.1. The SMILES string of the molecule is C#Cc1ccc(Nc2c(C(=O)NOCCO)cc(C[NH2+]OCCO)c(F)c2F)c(F)c1. The summed E-state index contributed by atoms with van der Waals surface area (Å²) in [6.45, 7) is -1.16. The Kier molecular flexibility index (Phi) is 9.26. The first-order chi connectivity index (χ1) is 14.9. The van der Waals surface area contributed by atoms with E-state index in [2.05, 4.69) is 11.2 Å². The average Bonchev–Trinajstić information content (AvgIpc) is 2.76. The molecule has 0 fully saturated rings. The van der Waals surface area contributed by atoms with Crippen LogP contribution in [0.3, 0.4) is 0 Å². The van der Waals surface area contributed by atoms with Crippen molar-refractivity contribution in [2.45, 2.75) is 6.54 Å². The molecule has 2 aromatic rings. The third kappa shape index (κ3) is 6.42. The Labute approximate surface area is 175 Å². The molecule has 11 heteroatoms. The normalized spacial score (nSPS) is 10.6. The van der Waals surface area contributed by atoms with Crippen molar-refractivity contribution in [2.24, 2.45) is 0 Å². The van der Waals surface area contributed by atoms with Crippen LogP contribution in [-0.4, -0.2) is 42.5 Å². The number of benzene rings is 2. The van der Waals surface area contributed by atoms with Crippen LogP contribution in [0.25, 0.3) is 0 Å². The quantitative estimate of drug-likeness (QED) is 0.197. The van der Waals surface area contributed by atoms with Crippen LogP contribution in [0.5, 0.6) is 0 Å². The Morgan fingerprint density at radius 2 is 1.87 bits per heavy atom. The van der Waals surface area contributed by atoms with E-state index in [4.69, 9.17) is 26.3 Å². The molecule has 0 saturated carbocycles. The third-order valence-corrected chi connectivity index (χ3v) is 3.91. The highest BCUT2D eigenvalue weighted by atomic mass is 19.2. The molecule has 2 aromatic carbocycles. The zero-order valence-corrected chi connectivity index (χ0v) is 16.3. The monoisotopic (exact) mass is 440 g/mol. The molecule has 0 radical (unpaired) electrons. The molecule has 31 heavy (non-hydrogen) atoms. The highest BCUT2D eigenvalue weighted by Crippen LogP contribution is 2.30. The van der Waals surface area contributed by atoms with Gasteiger partial charge in [0.25, 0.3) is 5.91 Å². The molecule has 8 nitrogen and oxygen atoms in total. The van der Waals surface area contributed by atoms with Crippen molar-refractivity contribution in [3.63, 3.8) is 0 Å². The van der Waals surface area contributed by atoms with E-state index >= 15 is 0 Å². The highest BCUT2D eigenvalue weighted by molar-refractivity contribution is 6.00. The van der Waals surface area contributed by atoms with Gasteiger partial charge in [0.1, 0.15) is 19.0 Å². The number of halogens is 3. The number of aliphatic hydroxyl groups is 2. The van der Waals surface area contributed by atoms with Crippen molar-refractivity contribution in [1.82, 2.24) is 5.48 Å². The smallest absolute Gasteiger partial charge is 0.277 e. The summed E-state index contributed by atoms with van der Waals surface area (Å²) in [5.41, 5.74) is 1.88. The number of carbonyl (C=O) groups is 1. The van der Waals surface area contributed by atoms with Crippen LogP contribution in [-0.2, 0) is 16.2 Å². The lowest BCUT2D eigenvalue weighted by atomic mass is 10.1. The summed E-state index contributed by atoms with van der Waals surface area (Å²) in [7, 11) is 0. The maximum Gasteiger partial charge on any atom is 0.277 e. The molecule has 166 valence electrons. The number of terminal acetylenes is 1. The Morgan fingerprint density at radius 1 is 1.13 bits per heavy atom. The maximum atomic E-state index is 14.9. The fourth-order valence-electron chi connectivity index (χ4n) is 2.47. The van der Waals surface area contributed by atoms with Gasteiger partial charge in [-0.15, -0.1) is 6.42 Å². The number of quaternary nitrogens is 1. The van der Waals surface area contributed by atoms with Crippen LogP contribution >= 0.6 is 0 Å². The van der Waals surface area contributed by atoms with Gasteiger partial charge >= 0.3 is 0 Å². The number of amides is 1. The summed E-state index contributed by atoms with van der Waals surface area (Å²) >= 11 is 0. The molecule has 0 bridgehead atoms. The predicted octanol–water partition coefficient (Wildman–Crippen LogP) is 0.470. The lowest BCUT2D eigenvalue weighted by molar-refractivity contribution is -0.908. The number of nitrogens with one attached hydrogen (secondary N) is 2. The van der Waals surface area contributed by atoms with E-state index in [9.17, 15) is 18.0 Å². The summed E-state index contributed by atoms with van der Waals surface area (Å²) in [5, 5.41) is 19.8. The second-order valence-electron chi connectivity index (χ2n) is 6.02. The predicted molar refractivity (Wildman–Crippen MR) is 103 cm³/mol. The maximum absolute atomic E-state index is 14.9. The standard InChI is InChI=1S/C20H20F3N3O5/c1-2-12-3-4-16(15(21)9-12)25-19-14(20(29)26-31-8-6-28)10-13(17(22)18(19)23)11-24-30-7-5-27/h1,3-4,9-10,24-25,27-28H,5-8,11H2,(H,26,29)/p+1. The number of hydrogen-bond acceptors (Lipinski definition) is 6. The Morgan fingerprint density at radius 3 is 2.52 bits per heavy atom. The van der Waals surface area contributed by atoms with Gasteiger partial charge in [-0.1, -0.05) is 5.92 Å². The van der Waals surface area contributed by atoms with Crippen LogP contribution in [0.1, 0.15) is 21.5 Å². The Balaban J connectivity index is 2.43. The largest absolute Gasteiger partial charge is 0.394 e. The van der Waals surface area contributed by atoms with Gasteiger partial charge in [0.15, 0.2) is 11.6 Å². The van der Waals surface area contributed by atoms with E-state index in [0.29, 0.717) is 0 Å². The zero-order valence-electron chi connectivity index (χ0n) is 16.3. The molecule has 2 rings (SSSR count). The zero-order chi connectivity index (χ0) is 22.8. The molecule has 0 aliphatic heterocycles. The van der Waals surface area contributed by atoms with Gasteiger partial charge in [0, 0.05) is 11.1 Å². The van der Waals surface area contributed by atoms with Gasteiger partial charge in [-0.05, 0) is 24.3 Å². The molecular formula is C20H21F3N3O5+. The number of rotatable bonds is 11. The van der Waals surface area contributed by atoms with Gasteiger partial charge in [-0.3, -0.25) is 9.63 Å². The Hall–Kier alpha value is -3.14. The first-order valence-corrected chi connectivity index (χ1v) is 9.04. The Bertz CT molecular complexity index is 966. The van der Waals surface area contributed by atoms with Crippen LogP contribution < -0.4 is 16.3 Å². The number of hydrogen-bond donors (Lipinski definition) is 5. The minimum absolute atomic E-state index is 0.0426. The van der Waals surface area contributed by atoms with Gasteiger partial charge in [-0.25, -0.2) is 23.5 Å². The van der Waals surface area contributed by atoms with E-state index in [0.717, 1.165) is 17.6 Å². The number of carbonyl (C=O) groups excluding carboxylic acids is 1. The summed E-state index contributed by atoms with van der Waals surface area (Å²) in [6.07, 6.45) is 5.20. The third-order valence-electron chi connectivity index (χ3n) is 3.91. The van der Waals surface area contributed by atoms with E-state index in [-0.39, 0.29) is 48.7 Å². The second kappa shape index (κ2) is 11.9. The van der Waals surface area contributed by atoms with Crippen LogP contribution in [0.4, 0.5) is 24.5 Å². The van der Waals surface area contributed by atoms with Crippen molar-refractivity contribution in [3.8, 4) is 12.3 Å². The number of aliphatic hydroxyl groups excluding tert-OH is 2. The fourth-order valence-corrected chi connectivity index (χ4v) is 2.47. The first-order valence-electron chi connectivity index (χ1n) is 9.04. The van der Waals surface area contributed by atoms with E-state index in [1.807, 2.05) is 5.48 Å². The molecule has 0 aliphatic carbocycles. The van der Waals surface area contributed by atoms with Gasteiger partial charge in [0.05, 0.1) is 36.8 Å². The number of anilines is 2. The lowest BCUT2D eigenvalue weighted by Gasteiger charge is -2.16. The van der Waals surface area contributed by atoms with E-state index in [1.54, 1.807) is 0 Å². The topological polar surface area (TPSA) is 117 Å². The van der Waals surface area contributed by atoms with Crippen LogP contribution in [0.2, 0.25) is 0 Å². The summed E-state index contributed by atoms with van der Waals surface area (Å²) in [6, 6.07) is 4.66. The van der Waals surface area contributed by atoms with Gasteiger partial charge < -0.3 is 15.5 Å². The molecule has 0 heterocycles. The molecule has 6 N–H and O–H groups in total.